The number of hydrogen-bond acceptors (Lipinski definition) is 6. The van der Waals surface area contributed by atoms with Crippen molar-refractivity contribution in [3.63, 3.8) is 0 Å². The second-order valence-electron chi connectivity index (χ2n) is 6.18. The molecule has 7 nitrogen and oxygen atoms in total. The highest BCUT2D eigenvalue weighted by atomic mass is 16.5. The molecule has 112 valence electrons. The molecule has 0 bridgehead atoms. The largest absolute Gasteiger partial charge is 0.339 e. The van der Waals surface area contributed by atoms with E-state index in [0.29, 0.717) is 11.8 Å². The molecule has 0 unspecified atom stereocenters. The molecule has 3 heterocycles. The van der Waals surface area contributed by atoms with Gasteiger partial charge >= 0.3 is 0 Å². The Bertz CT molecular complexity index is 576. The molecule has 2 aromatic rings. The summed E-state index contributed by atoms with van der Waals surface area (Å²) in [5.41, 5.74) is 0. The van der Waals surface area contributed by atoms with Crippen molar-refractivity contribution in [2.75, 3.05) is 13.1 Å². The van der Waals surface area contributed by atoms with Crippen LogP contribution in [0.2, 0.25) is 0 Å². The Labute approximate surface area is 123 Å². The first-order valence-corrected chi connectivity index (χ1v) is 7.74. The van der Waals surface area contributed by atoms with E-state index in [0.717, 1.165) is 37.9 Å². The highest BCUT2D eigenvalue weighted by Gasteiger charge is 2.30. The molecule has 1 saturated heterocycles. The zero-order chi connectivity index (χ0) is 14.1. The first-order valence-electron chi connectivity index (χ1n) is 7.74. The van der Waals surface area contributed by atoms with E-state index >= 15 is 0 Å². The predicted octanol–water partition coefficient (Wildman–Crippen LogP) is 1.45. The van der Waals surface area contributed by atoms with Gasteiger partial charge in [0.1, 0.15) is 12.7 Å². The highest BCUT2D eigenvalue weighted by Crippen LogP contribution is 2.38. The van der Waals surface area contributed by atoms with Crippen LogP contribution in [0.1, 0.15) is 43.3 Å². The Kier molecular flexibility index (Phi) is 3.42. The Morgan fingerprint density at radius 3 is 3.05 bits per heavy atom. The zero-order valence-electron chi connectivity index (χ0n) is 12.1. The summed E-state index contributed by atoms with van der Waals surface area (Å²) in [6, 6.07) is 0. The maximum atomic E-state index is 5.33. The summed E-state index contributed by atoms with van der Waals surface area (Å²) in [6.07, 6.45) is 8.25. The van der Waals surface area contributed by atoms with Crippen molar-refractivity contribution in [2.24, 2.45) is 5.92 Å². The molecule has 2 fully saturated rings. The molecule has 4 rings (SSSR count). The maximum absolute atomic E-state index is 5.33. The molecule has 1 aliphatic heterocycles. The average molecular weight is 288 g/mol. The lowest BCUT2D eigenvalue weighted by atomic mass is 9.98. The van der Waals surface area contributed by atoms with Crippen LogP contribution in [0.3, 0.4) is 0 Å². The average Bonchev–Trinajstić information content (AvgIpc) is 3.02. The number of rotatable bonds is 5. The number of piperidine rings is 1. The van der Waals surface area contributed by atoms with Crippen molar-refractivity contribution in [1.29, 1.82) is 0 Å². The van der Waals surface area contributed by atoms with Gasteiger partial charge in [-0.3, -0.25) is 9.58 Å². The summed E-state index contributed by atoms with van der Waals surface area (Å²) in [7, 11) is 0. The molecule has 2 aromatic heterocycles. The third-order valence-electron chi connectivity index (χ3n) is 4.29. The van der Waals surface area contributed by atoms with E-state index in [4.69, 9.17) is 4.52 Å². The Balaban J connectivity index is 1.33. The summed E-state index contributed by atoms with van der Waals surface area (Å²) in [6.45, 7) is 3.91. The molecule has 0 amide bonds. The molecule has 2 aliphatic rings. The van der Waals surface area contributed by atoms with Gasteiger partial charge in [-0.25, -0.2) is 4.98 Å². The van der Waals surface area contributed by atoms with Crippen LogP contribution in [0.15, 0.2) is 17.2 Å². The van der Waals surface area contributed by atoms with Crippen molar-refractivity contribution >= 4 is 0 Å². The molecule has 0 radical (unpaired) electrons. The van der Waals surface area contributed by atoms with Gasteiger partial charge in [0.25, 0.3) is 0 Å². The minimum atomic E-state index is 0.535. The van der Waals surface area contributed by atoms with Crippen LogP contribution in [0.5, 0.6) is 0 Å². The van der Waals surface area contributed by atoms with E-state index < -0.39 is 0 Å². The lowest BCUT2D eigenvalue weighted by Gasteiger charge is -2.31. The summed E-state index contributed by atoms with van der Waals surface area (Å²) in [5.74, 6) is 2.82. The summed E-state index contributed by atoms with van der Waals surface area (Å²) >= 11 is 0. The van der Waals surface area contributed by atoms with E-state index in [1.807, 2.05) is 4.68 Å². The standard InChI is InChI=1S/C14H20N6O/c1-2-11(7-20-10-15-9-16-20)6-19(5-1)8-13-17-14(21-18-13)12-3-4-12/h9-12H,1-8H2/t11-/m1/s1. The van der Waals surface area contributed by atoms with Gasteiger partial charge in [-0.15, -0.1) is 0 Å². The monoisotopic (exact) mass is 288 g/mol. The number of aromatic nitrogens is 5. The minimum absolute atomic E-state index is 0.535. The fourth-order valence-electron chi connectivity index (χ4n) is 3.06. The number of likely N-dealkylation sites (tertiary alicyclic amines) is 1. The normalized spacial score (nSPS) is 23.5. The van der Waals surface area contributed by atoms with Gasteiger partial charge < -0.3 is 4.52 Å². The molecule has 1 saturated carbocycles. The lowest BCUT2D eigenvalue weighted by Crippen LogP contribution is -2.36. The molecule has 1 atom stereocenters. The van der Waals surface area contributed by atoms with E-state index in [-0.39, 0.29) is 0 Å². The third-order valence-corrected chi connectivity index (χ3v) is 4.29. The Morgan fingerprint density at radius 1 is 1.29 bits per heavy atom. The Hall–Kier alpha value is -1.76. The quantitative estimate of drug-likeness (QED) is 0.829. The van der Waals surface area contributed by atoms with Gasteiger partial charge in [-0.2, -0.15) is 10.1 Å². The lowest BCUT2D eigenvalue weighted by molar-refractivity contribution is 0.149. The van der Waals surface area contributed by atoms with E-state index in [2.05, 4.69) is 25.1 Å². The topological polar surface area (TPSA) is 72.9 Å². The fourth-order valence-corrected chi connectivity index (χ4v) is 3.06. The van der Waals surface area contributed by atoms with Crippen molar-refractivity contribution in [2.45, 2.75) is 44.7 Å². The smallest absolute Gasteiger partial charge is 0.229 e. The second kappa shape index (κ2) is 5.55. The molecule has 7 heteroatoms. The molecule has 1 aliphatic carbocycles. The van der Waals surface area contributed by atoms with E-state index in [1.54, 1.807) is 12.7 Å². The summed E-state index contributed by atoms with van der Waals surface area (Å²) < 4.78 is 7.26. The number of hydrogen-bond donors (Lipinski definition) is 0. The van der Waals surface area contributed by atoms with Crippen LogP contribution in [0.4, 0.5) is 0 Å². The van der Waals surface area contributed by atoms with Crippen LogP contribution in [-0.4, -0.2) is 42.9 Å². The number of nitrogens with zero attached hydrogens (tertiary/aromatic N) is 6. The highest BCUT2D eigenvalue weighted by molar-refractivity contribution is 5.01. The first kappa shape index (κ1) is 12.9. The molecule has 0 N–H and O–H groups in total. The Morgan fingerprint density at radius 2 is 2.24 bits per heavy atom. The van der Waals surface area contributed by atoms with Crippen LogP contribution < -0.4 is 0 Å². The van der Waals surface area contributed by atoms with Crippen LogP contribution in [0.25, 0.3) is 0 Å². The van der Waals surface area contributed by atoms with Crippen molar-refractivity contribution < 1.29 is 4.52 Å². The van der Waals surface area contributed by atoms with Gasteiger partial charge in [0.15, 0.2) is 5.82 Å². The summed E-state index contributed by atoms with van der Waals surface area (Å²) in [5, 5.41) is 8.31. The van der Waals surface area contributed by atoms with Crippen LogP contribution in [-0.2, 0) is 13.1 Å². The molecular weight excluding hydrogens is 268 g/mol. The third kappa shape index (κ3) is 3.12. The van der Waals surface area contributed by atoms with Crippen LogP contribution in [0, 0.1) is 5.92 Å². The SMILES string of the molecule is c1ncn(C[C@@H]2CCCN(Cc3noc(C4CC4)n3)C2)n1. The van der Waals surface area contributed by atoms with Gasteiger partial charge in [0.05, 0.1) is 6.54 Å². The predicted molar refractivity (Wildman–Crippen MR) is 74.3 cm³/mol. The van der Waals surface area contributed by atoms with Gasteiger partial charge in [-0.1, -0.05) is 5.16 Å². The maximum Gasteiger partial charge on any atom is 0.229 e. The summed E-state index contributed by atoms with van der Waals surface area (Å²) in [4.78, 5) is 10.9. The van der Waals surface area contributed by atoms with Gasteiger partial charge in [0.2, 0.25) is 5.89 Å². The van der Waals surface area contributed by atoms with E-state index in [1.165, 1.54) is 25.7 Å². The molecular formula is C14H20N6O. The van der Waals surface area contributed by atoms with Gasteiger partial charge in [0, 0.05) is 19.0 Å². The molecule has 21 heavy (non-hydrogen) atoms. The molecule has 0 spiro atoms. The molecule has 0 aromatic carbocycles. The first-order chi connectivity index (χ1) is 10.4. The van der Waals surface area contributed by atoms with Crippen molar-refractivity contribution in [3.8, 4) is 0 Å². The van der Waals surface area contributed by atoms with Gasteiger partial charge in [-0.05, 0) is 38.1 Å². The van der Waals surface area contributed by atoms with Crippen molar-refractivity contribution in [1.82, 2.24) is 29.8 Å². The minimum Gasteiger partial charge on any atom is -0.339 e. The fraction of sp³-hybridized carbons (Fsp3) is 0.714. The van der Waals surface area contributed by atoms with E-state index in [9.17, 15) is 0 Å². The second-order valence-corrected chi connectivity index (χ2v) is 6.18. The zero-order valence-corrected chi connectivity index (χ0v) is 12.1. The van der Waals surface area contributed by atoms with Crippen LogP contribution >= 0.6 is 0 Å². The van der Waals surface area contributed by atoms with Crippen molar-refractivity contribution in [3.05, 3.63) is 24.4 Å².